The number of carbonyl (C=O) groups is 1. The monoisotopic (exact) mass is 341 g/mol. The fourth-order valence-electron chi connectivity index (χ4n) is 1.97. The fraction of sp³-hybridized carbons (Fsp3) is 0.625. The summed E-state index contributed by atoms with van der Waals surface area (Å²) in [5.74, 6) is -0.333. The molecule has 20 heavy (non-hydrogen) atoms. The molecule has 0 bridgehead atoms. The normalized spacial score (nSPS) is 10.5. The van der Waals surface area contributed by atoms with Crippen molar-refractivity contribution < 1.29 is 9.53 Å². The van der Waals surface area contributed by atoms with Crippen molar-refractivity contribution in [2.75, 3.05) is 6.61 Å². The average Bonchev–Trinajstić information content (AvgIpc) is 2.46. The Hall–Kier alpha value is -0.900. The molecule has 0 spiro atoms. The number of rotatable bonds is 10. The Balaban J connectivity index is 2.01. The summed E-state index contributed by atoms with van der Waals surface area (Å²) in [4.78, 5) is 15.7. The molecule has 112 valence electrons. The lowest BCUT2D eigenvalue weighted by Gasteiger charge is -2.04. The van der Waals surface area contributed by atoms with E-state index in [0.29, 0.717) is 12.3 Å². The predicted octanol–water partition coefficient (Wildman–Crippen LogP) is 5.14. The number of unbranched alkanes of at least 4 members (excludes halogenated alkanes) is 7. The van der Waals surface area contributed by atoms with Crippen molar-refractivity contribution in [3.05, 3.63) is 28.5 Å². The third kappa shape index (κ3) is 7.63. The van der Waals surface area contributed by atoms with Crippen LogP contribution >= 0.6 is 15.9 Å². The van der Waals surface area contributed by atoms with Gasteiger partial charge in [-0.3, -0.25) is 0 Å². The summed E-state index contributed by atoms with van der Waals surface area (Å²) in [5.41, 5.74) is 0.368. The van der Waals surface area contributed by atoms with Crippen LogP contribution in [0, 0.1) is 0 Å². The molecule has 0 aromatic carbocycles. The van der Waals surface area contributed by atoms with Crippen LogP contribution in [-0.2, 0) is 4.74 Å². The molecule has 0 aliphatic heterocycles. The maximum atomic E-state index is 11.7. The number of hydrogen-bond acceptors (Lipinski definition) is 3. The first-order valence-electron chi connectivity index (χ1n) is 7.52. The molecule has 3 nitrogen and oxygen atoms in total. The zero-order valence-electron chi connectivity index (χ0n) is 12.2. The van der Waals surface area contributed by atoms with Crippen molar-refractivity contribution in [2.45, 2.75) is 58.3 Å². The summed E-state index contributed by atoms with van der Waals surface area (Å²) >= 11 is 3.28. The van der Waals surface area contributed by atoms with E-state index in [1.807, 2.05) is 0 Å². The minimum absolute atomic E-state index is 0.333. The molecule has 1 rings (SSSR count). The predicted molar refractivity (Wildman–Crippen MR) is 84.8 cm³/mol. The Morgan fingerprint density at radius 1 is 1.10 bits per heavy atom. The average molecular weight is 342 g/mol. The molecule has 1 heterocycles. The van der Waals surface area contributed by atoms with E-state index in [-0.39, 0.29) is 5.97 Å². The maximum Gasteiger partial charge on any atom is 0.356 e. The van der Waals surface area contributed by atoms with Crippen molar-refractivity contribution in [1.82, 2.24) is 4.98 Å². The smallest absolute Gasteiger partial charge is 0.356 e. The molecule has 0 saturated heterocycles. The molecular formula is C16H24BrNO2. The molecule has 0 radical (unpaired) electrons. The third-order valence-electron chi connectivity index (χ3n) is 3.17. The molecule has 0 atom stereocenters. The van der Waals surface area contributed by atoms with Crippen molar-refractivity contribution >= 4 is 21.9 Å². The van der Waals surface area contributed by atoms with Crippen LogP contribution in [0.4, 0.5) is 0 Å². The van der Waals surface area contributed by atoms with Crippen LogP contribution in [0.25, 0.3) is 0 Å². The maximum absolute atomic E-state index is 11.7. The number of ether oxygens (including phenoxy) is 1. The van der Waals surface area contributed by atoms with Gasteiger partial charge in [0, 0.05) is 10.7 Å². The van der Waals surface area contributed by atoms with E-state index in [0.717, 1.165) is 17.3 Å². The van der Waals surface area contributed by atoms with Gasteiger partial charge in [-0.2, -0.15) is 0 Å². The molecule has 4 heteroatoms. The van der Waals surface area contributed by atoms with Gasteiger partial charge in [0.15, 0.2) is 0 Å². The number of pyridine rings is 1. The second kappa shape index (κ2) is 10.8. The summed E-state index contributed by atoms with van der Waals surface area (Å²) in [7, 11) is 0. The van der Waals surface area contributed by atoms with Gasteiger partial charge in [0.1, 0.15) is 5.69 Å². The number of aromatic nitrogens is 1. The van der Waals surface area contributed by atoms with Crippen LogP contribution in [0.15, 0.2) is 22.8 Å². The zero-order valence-corrected chi connectivity index (χ0v) is 13.8. The van der Waals surface area contributed by atoms with Crippen molar-refractivity contribution in [3.8, 4) is 0 Å². The molecule has 0 saturated carbocycles. The van der Waals surface area contributed by atoms with E-state index in [9.17, 15) is 4.79 Å². The highest BCUT2D eigenvalue weighted by Crippen LogP contribution is 2.10. The highest BCUT2D eigenvalue weighted by Gasteiger charge is 2.07. The van der Waals surface area contributed by atoms with Gasteiger partial charge in [0.25, 0.3) is 0 Å². The Morgan fingerprint density at radius 3 is 2.35 bits per heavy atom. The van der Waals surface area contributed by atoms with Crippen molar-refractivity contribution in [2.24, 2.45) is 0 Å². The van der Waals surface area contributed by atoms with E-state index < -0.39 is 0 Å². The number of halogens is 1. The molecule has 1 aromatic rings. The van der Waals surface area contributed by atoms with E-state index in [1.54, 1.807) is 18.3 Å². The van der Waals surface area contributed by atoms with Crippen molar-refractivity contribution in [1.29, 1.82) is 0 Å². The first kappa shape index (κ1) is 17.2. The van der Waals surface area contributed by atoms with Gasteiger partial charge in [-0.05, 0) is 34.5 Å². The molecule has 0 fully saturated rings. The number of nitrogens with zero attached hydrogens (tertiary/aromatic N) is 1. The van der Waals surface area contributed by atoms with Crippen LogP contribution in [0.3, 0.4) is 0 Å². The number of esters is 1. The summed E-state index contributed by atoms with van der Waals surface area (Å²) < 4.78 is 6.05. The molecule has 0 aliphatic carbocycles. The van der Waals surface area contributed by atoms with Crippen LogP contribution in [0.2, 0.25) is 0 Å². The largest absolute Gasteiger partial charge is 0.461 e. The topological polar surface area (TPSA) is 39.2 Å². The van der Waals surface area contributed by atoms with Gasteiger partial charge in [-0.1, -0.05) is 51.9 Å². The lowest BCUT2D eigenvalue weighted by atomic mass is 10.1. The summed E-state index contributed by atoms with van der Waals surface area (Å²) in [6.07, 6.45) is 11.5. The minimum Gasteiger partial charge on any atom is -0.461 e. The van der Waals surface area contributed by atoms with Gasteiger partial charge < -0.3 is 4.74 Å². The minimum atomic E-state index is -0.333. The molecule has 0 unspecified atom stereocenters. The first-order valence-corrected chi connectivity index (χ1v) is 8.32. The lowest BCUT2D eigenvalue weighted by Crippen LogP contribution is -2.08. The Bertz CT molecular complexity index is 379. The van der Waals surface area contributed by atoms with Crippen LogP contribution in [0.1, 0.15) is 68.8 Å². The van der Waals surface area contributed by atoms with Gasteiger partial charge in [-0.25, -0.2) is 9.78 Å². The van der Waals surface area contributed by atoms with E-state index in [2.05, 4.69) is 27.8 Å². The SMILES string of the molecule is CCCCCCCCCCOC(=O)c1ccc(Br)cn1. The first-order chi connectivity index (χ1) is 9.74. The lowest BCUT2D eigenvalue weighted by molar-refractivity contribution is 0.0490. The zero-order chi connectivity index (χ0) is 14.6. The quantitative estimate of drug-likeness (QED) is 0.436. The van der Waals surface area contributed by atoms with Gasteiger partial charge in [0.05, 0.1) is 6.61 Å². The van der Waals surface area contributed by atoms with Gasteiger partial charge in [-0.15, -0.1) is 0 Å². The molecule has 0 aliphatic rings. The highest BCUT2D eigenvalue weighted by atomic mass is 79.9. The number of hydrogen-bond donors (Lipinski definition) is 0. The second-order valence-corrected chi connectivity index (χ2v) is 5.89. The van der Waals surface area contributed by atoms with E-state index in [1.165, 1.54) is 38.5 Å². The summed E-state index contributed by atoms with van der Waals surface area (Å²) in [5, 5.41) is 0. The van der Waals surface area contributed by atoms with Gasteiger partial charge >= 0.3 is 5.97 Å². The Labute approximate surface area is 130 Å². The summed E-state index contributed by atoms with van der Waals surface area (Å²) in [6, 6.07) is 3.46. The molecule has 1 aromatic heterocycles. The second-order valence-electron chi connectivity index (χ2n) is 4.97. The van der Waals surface area contributed by atoms with Crippen LogP contribution in [-0.4, -0.2) is 17.6 Å². The fourth-order valence-corrected chi connectivity index (χ4v) is 2.21. The van der Waals surface area contributed by atoms with Crippen LogP contribution < -0.4 is 0 Å². The summed E-state index contributed by atoms with van der Waals surface area (Å²) in [6.45, 7) is 2.72. The Morgan fingerprint density at radius 2 is 1.75 bits per heavy atom. The van der Waals surface area contributed by atoms with Gasteiger partial charge in [0.2, 0.25) is 0 Å². The highest BCUT2D eigenvalue weighted by molar-refractivity contribution is 9.10. The van der Waals surface area contributed by atoms with Crippen LogP contribution in [0.5, 0.6) is 0 Å². The number of carbonyl (C=O) groups excluding carboxylic acids is 1. The van der Waals surface area contributed by atoms with E-state index in [4.69, 9.17) is 4.74 Å². The van der Waals surface area contributed by atoms with Crippen molar-refractivity contribution in [3.63, 3.8) is 0 Å². The molecule has 0 N–H and O–H groups in total. The standard InChI is InChI=1S/C16H24BrNO2/c1-2-3-4-5-6-7-8-9-12-20-16(19)15-11-10-14(17)13-18-15/h10-11,13H,2-9,12H2,1H3. The molecule has 0 amide bonds. The Kier molecular flexibility index (Phi) is 9.29. The third-order valence-corrected chi connectivity index (χ3v) is 3.64. The van der Waals surface area contributed by atoms with E-state index >= 15 is 0 Å². The molecular weight excluding hydrogens is 318 g/mol.